The minimum Gasteiger partial charge on any atom is -0.334 e. The highest BCUT2D eigenvalue weighted by Crippen LogP contribution is 2.33. The van der Waals surface area contributed by atoms with E-state index >= 15 is 0 Å². The molecule has 0 spiro atoms. The number of aryl methyl sites for hydroxylation is 1. The zero-order valence-electron chi connectivity index (χ0n) is 19.9. The molecule has 2 aliphatic rings. The van der Waals surface area contributed by atoms with E-state index in [1.54, 1.807) is 0 Å². The highest BCUT2D eigenvalue weighted by Gasteiger charge is 2.30. The van der Waals surface area contributed by atoms with Crippen LogP contribution in [0.5, 0.6) is 0 Å². The summed E-state index contributed by atoms with van der Waals surface area (Å²) in [4.78, 5) is 18.2. The molecule has 2 aromatic rings. The lowest BCUT2D eigenvalue weighted by Crippen LogP contribution is -2.42. The smallest absolute Gasteiger partial charge is 0.254 e. The first kappa shape index (κ1) is 22.1. The molecule has 1 aliphatic heterocycles. The van der Waals surface area contributed by atoms with E-state index in [2.05, 4.69) is 63.8 Å². The van der Waals surface area contributed by atoms with Crippen molar-refractivity contribution in [3.63, 3.8) is 0 Å². The van der Waals surface area contributed by atoms with Crippen LogP contribution >= 0.6 is 0 Å². The Bertz CT molecular complexity index is 924. The molecule has 2 aromatic carbocycles. The number of carbonyl (C=O) groups is 1. The third kappa shape index (κ3) is 4.43. The summed E-state index contributed by atoms with van der Waals surface area (Å²) in [5.74, 6) is 0.126. The summed E-state index contributed by atoms with van der Waals surface area (Å²) in [5, 5.41) is 0. The molecule has 4 rings (SSSR count). The summed E-state index contributed by atoms with van der Waals surface area (Å²) in [6, 6.07) is 16.8. The molecule has 3 heteroatoms. The molecule has 31 heavy (non-hydrogen) atoms. The lowest BCUT2D eigenvalue weighted by molar-refractivity contribution is 0.0644. The van der Waals surface area contributed by atoms with E-state index in [9.17, 15) is 4.79 Å². The number of likely N-dealkylation sites (tertiary alicyclic amines) is 1. The van der Waals surface area contributed by atoms with Crippen LogP contribution in [-0.4, -0.2) is 46.4 Å². The van der Waals surface area contributed by atoms with Crippen LogP contribution in [0.1, 0.15) is 75.4 Å². The summed E-state index contributed by atoms with van der Waals surface area (Å²) < 4.78 is 0. The van der Waals surface area contributed by atoms with Crippen LogP contribution in [0.4, 0.5) is 0 Å². The number of nitrogens with zero attached hydrogens (tertiary/aromatic N) is 2. The van der Waals surface area contributed by atoms with Gasteiger partial charge in [0.05, 0.1) is 0 Å². The van der Waals surface area contributed by atoms with E-state index < -0.39 is 0 Å². The fourth-order valence-corrected chi connectivity index (χ4v) is 5.81. The van der Waals surface area contributed by atoms with Gasteiger partial charge in [-0.2, -0.15) is 0 Å². The van der Waals surface area contributed by atoms with Gasteiger partial charge < -0.3 is 4.90 Å². The van der Waals surface area contributed by atoms with E-state index in [-0.39, 0.29) is 18.0 Å². The first-order valence-corrected chi connectivity index (χ1v) is 12.2. The predicted octanol–water partition coefficient (Wildman–Crippen LogP) is 5.95. The minimum atomic E-state index is 0.126. The maximum Gasteiger partial charge on any atom is 0.254 e. The van der Waals surface area contributed by atoms with E-state index in [4.69, 9.17) is 0 Å². The fourth-order valence-electron chi connectivity index (χ4n) is 5.81. The van der Waals surface area contributed by atoms with Crippen molar-refractivity contribution in [3.05, 3.63) is 59.2 Å². The summed E-state index contributed by atoms with van der Waals surface area (Å²) >= 11 is 0. The van der Waals surface area contributed by atoms with Gasteiger partial charge in [0.2, 0.25) is 0 Å². The summed E-state index contributed by atoms with van der Waals surface area (Å²) in [6.45, 7) is 12.0. The first-order chi connectivity index (χ1) is 14.9. The van der Waals surface area contributed by atoms with Crippen molar-refractivity contribution in [1.29, 1.82) is 0 Å². The van der Waals surface area contributed by atoms with E-state index in [0.717, 1.165) is 30.0 Å². The molecule has 2 unspecified atom stereocenters. The van der Waals surface area contributed by atoms with Crippen molar-refractivity contribution in [2.45, 2.75) is 90.9 Å². The van der Waals surface area contributed by atoms with Crippen LogP contribution in [0.25, 0.3) is 11.1 Å². The van der Waals surface area contributed by atoms with Crippen LogP contribution in [0.3, 0.4) is 0 Å². The van der Waals surface area contributed by atoms with Crippen molar-refractivity contribution >= 4 is 5.91 Å². The normalized spacial score (nSPS) is 21.5. The summed E-state index contributed by atoms with van der Waals surface area (Å²) in [7, 11) is 0. The highest BCUT2D eigenvalue weighted by molar-refractivity contribution is 6.01. The Kier molecular flexibility index (Phi) is 6.52. The predicted molar refractivity (Wildman–Crippen MR) is 130 cm³/mol. The summed E-state index contributed by atoms with van der Waals surface area (Å²) in [6.07, 6.45) is 6.23. The largest absolute Gasteiger partial charge is 0.334 e. The summed E-state index contributed by atoms with van der Waals surface area (Å²) in [5.41, 5.74) is 5.99. The van der Waals surface area contributed by atoms with Crippen molar-refractivity contribution < 1.29 is 4.79 Å². The van der Waals surface area contributed by atoms with Gasteiger partial charge >= 0.3 is 0 Å². The molecule has 0 saturated carbocycles. The van der Waals surface area contributed by atoms with Gasteiger partial charge in [-0.1, -0.05) is 36.4 Å². The molecule has 1 amide bonds. The molecular weight excluding hydrogens is 380 g/mol. The molecule has 1 fully saturated rings. The molecule has 3 nitrogen and oxygen atoms in total. The zero-order chi connectivity index (χ0) is 22.1. The second-order valence-corrected chi connectivity index (χ2v) is 10.1. The maximum absolute atomic E-state index is 13.5. The number of hydrogen-bond acceptors (Lipinski definition) is 2. The Morgan fingerprint density at radius 2 is 1.74 bits per heavy atom. The molecule has 0 N–H and O–H groups in total. The lowest BCUT2D eigenvalue weighted by Gasteiger charge is -2.35. The van der Waals surface area contributed by atoms with Gasteiger partial charge in [0.25, 0.3) is 5.91 Å². The third-order valence-corrected chi connectivity index (χ3v) is 7.30. The topological polar surface area (TPSA) is 23.6 Å². The first-order valence-electron chi connectivity index (χ1n) is 12.2. The van der Waals surface area contributed by atoms with E-state index in [0.29, 0.717) is 6.04 Å². The molecule has 2 atom stereocenters. The third-order valence-electron chi connectivity index (χ3n) is 7.30. The molecule has 1 heterocycles. The van der Waals surface area contributed by atoms with Gasteiger partial charge in [-0.3, -0.25) is 9.69 Å². The van der Waals surface area contributed by atoms with Gasteiger partial charge in [-0.25, -0.2) is 0 Å². The van der Waals surface area contributed by atoms with Gasteiger partial charge in [-0.15, -0.1) is 0 Å². The Morgan fingerprint density at radius 1 is 1.00 bits per heavy atom. The Hall–Kier alpha value is -2.13. The molecule has 1 aliphatic carbocycles. The average Bonchev–Trinajstić information content (AvgIpc) is 3.18. The van der Waals surface area contributed by atoms with E-state index in [1.807, 2.05) is 23.1 Å². The standard InChI is InChI=1S/C28H38N2O/c1-19(2)30(20(3)4)28(31)27-11-7-6-10-26(27)24-13-12-23-18-25(15-14-22(23)17-24)29-16-8-9-21(29)5/h6-7,10-13,17,19-21,25H,8-9,14-16,18H2,1-5H3. The number of amides is 1. The number of hydrogen-bond donors (Lipinski definition) is 0. The van der Waals surface area contributed by atoms with Crippen LogP contribution < -0.4 is 0 Å². The number of benzene rings is 2. The van der Waals surface area contributed by atoms with Crippen LogP contribution in [0, 0.1) is 0 Å². The Labute approximate surface area is 188 Å². The second-order valence-electron chi connectivity index (χ2n) is 10.1. The number of carbonyl (C=O) groups excluding carboxylic acids is 1. The molecular formula is C28H38N2O. The van der Waals surface area contributed by atoms with Crippen LogP contribution in [0.15, 0.2) is 42.5 Å². The van der Waals surface area contributed by atoms with Crippen molar-refractivity contribution in [2.24, 2.45) is 0 Å². The number of rotatable bonds is 5. The Morgan fingerprint density at radius 3 is 2.42 bits per heavy atom. The minimum absolute atomic E-state index is 0.126. The molecule has 1 saturated heterocycles. The average molecular weight is 419 g/mol. The Balaban J connectivity index is 1.62. The molecule has 0 aromatic heterocycles. The highest BCUT2D eigenvalue weighted by atomic mass is 16.2. The number of fused-ring (bicyclic) bond motifs is 1. The van der Waals surface area contributed by atoms with Gasteiger partial charge in [-0.05, 0) is 102 Å². The molecule has 166 valence electrons. The van der Waals surface area contributed by atoms with Gasteiger partial charge in [0, 0.05) is 29.7 Å². The molecule has 0 bridgehead atoms. The van der Waals surface area contributed by atoms with Crippen molar-refractivity contribution in [2.75, 3.05) is 6.54 Å². The monoisotopic (exact) mass is 418 g/mol. The van der Waals surface area contributed by atoms with Gasteiger partial charge in [0.1, 0.15) is 0 Å². The van der Waals surface area contributed by atoms with Crippen LogP contribution in [0.2, 0.25) is 0 Å². The van der Waals surface area contributed by atoms with E-state index in [1.165, 1.54) is 42.5 Å². The fraction of sp³-hybridized carbons (Fsp3) is 0.536. The zero-order valence-corrected chi connectivity index (χ0v) is 19.9. The quantitative estimate of drug-likeness (QED) is 0.599. The maximum atomic E-state index is 13.5. The van der Waals surface area contributed by atoms with Gasteiger partial charge in [0.15, 0.2) is 0 Å². The molecule has 0 radical (unpaired) electrons. The second kappa shape index (κ2) is 9.16. The van der Waals surface area contributed by atoms with Crippen LogP contribution in [-0.2, 0) is 12.8 Å². The lowest BCUT2D eigenvalue weighted by atomic mass is 9.85. The SMILES string of the molecule is CC1CCCN1C1CCc2cc(-c3ccccc3C(=O)N(C(C)C)C(C)C)ccc2C1. The van der Waals surface area contributed by atoms with Crippen molar-refractivity contribution in [1.82, 2.24) is 9.80 Å². The van der Waals surface area contributed by atoms with Crippen molar-refractivity contribution in [3.8, 4) is 11.1 Å².